The van der Waals surface area contributed by atoms with E-state index in [2.05, 4.69) is 10.6 Å². The number of methoxy groups -OCH3 is 1. The maximum atomic E-state index is 13.6. The fourth-order valence-electron chi connectivity index (χ4n) is 2.70. The van der Waals surface area contributed by atoms with Gasteiger partial charge in [-0.25, -0.2) is 13.2 Å². The molecule has 0 aromatic heterocycles. The molecule has 1 aromatic carbocycles. The summed E-state index contributed by atoms with van der Waals surface area (Å²) in [6, 6.07) is 1.68. The van der Waals surface area contributed by atoms with Crippen LogP contribution < -0.4 is 10.6 Å². The van der Waals surface area contributed by atoms with Crippen molar-refractivity contribution in [2.75, 3.05) is 33.4 Å². The molecule has 22 heavy (non-hydrogen) atoms. The van der Waals surface area contributed by atoms with Crippen LogP contribution in [0, 0.1) is 22.9 Å². The Balaban J connectivity index is 2.07. The van der Waals surface area contributed by atoms with E-state index in [9.17, 15) is 18.0 Å². The van der Waals surface area contributed by atoms with Crippen LogP contribution in [0.3, 0.4) is 0 Å². The van der Waals surface area contributed by atoms with Crippen LogP contribution in [0.2, 0.25) is 0 Å². The minimum atomic E-state index is -1.64. The second kappa shape index (κ2) is 7.11. The van der Waals surface area contributed by atoms with E-state index in [1.54, 1.807) is 7.11 Å². The Hall–Kier alpha value is -1.60. The molecule has 2 rings (SSSR count). The molecule has 1 heterocycles. The van der Waals surface area contributed by atoms with Gasteiger partial charge in [0.2, 0.25) is 0 Å². The molecule has 0 radical (unpaired) electrons. The highest BCUT2D eigenvalue weighted by Gasteiger charge is 2.33. The number of hydrogen-bond acceptors (Lipinski definition) is 3. The van der Waals surface area contributed by atoms with Crippen molar-refractivity contribution in [3.8, 4) is 0 Å². The van der Waals surface area contributed by atoms with Gasteiger partial charge in [0.15, 0.2) is 17.5 Å². The lowest BCUT2D eigenvalue weighted by Crippen LogP contribution is -2.47. The summed E-state index contributed by atoms with van der Waals surface area (Å²) in [5.74, 6) is -5.18. The Morgan fingerprint density at radius 2 is 1.95 bits per heavy atom. The molecule has 0 aliphatic carbocycles. The summed E-state index contributed by atoms with van der Waals surface area (Å²) in [5.41, 5.74) is -0.731. The van der Waals surface area contributed by atoms with Crippen LogP contribution >= 0.6 is 0 Å². The lowest BCUT2D eigenvalue weighted by atomic mass is 9.79. The molecule has 7 heteroatoms. The van der Waals surface area contributed by atoms with Crippen molar-refractivity contribution in [3.63, 3.8) is 0 Å². The van der Waals surface area contributed by atoms with Gasteiger partial charge in [0.1, 0.15) is 0 Å². The summed E-state index contributed by atoms with van der Waals surface area (Å²) < 4.78 is 44.9. The highest BCUT2D eigenvalue weighted by Crippen LogP contribution is 2.28. The Kier molecular flexibility index (Phi) is 5.42. The van der Waals surface area contributed by atoms with Crippen LogP contribution in [0.4, 0.5) is 13.2 Å². The van der Waals surface area contributed by atoms with Crippen LogP contribution in [0.1, 0.15) is 23.2 Å². The average molecular weight is 316 g/mol. The zero-order valence-corrected chi connectivity index (χ0v) is 12.3. The Bertz CT molecular complexity index is 540. The highest BCUT2D eigenvalue weighted by atomic mass is 19.2. The van der Waals surface area contributed by atoms with Crippen LogP contribution in [0.15, 0.2) is 12.1 Å². The Morgan fingerprint density at radius 3 is 2.59 bits per heavy atom. The zero-order chi connectivity index (χ0) is 16.2. The van der Waals surface area contributed by atoms with E-state index in [0.717, 1.165) is 38.1 Å². The normalized spacial score (nSPS) is 17.3. The lowest BCUT2D eigenvalue weighted by molar-refractivity contribution is 0.0510. The van der Waals surface area contributed by atoms with Gasteiger partial charge >= 0.3 is 0 Å². The first-order valence-corrected chi connectivity index (χ1v) is 7.10. The minimum absolute atomic E-state index is 0.231. The van der Waals surface area contributed by atoms with Gasteiger partial charge < -0.3 is 15.4 Å². The molecule has 4 nitrogen and oxygen atoms in total. The van der Waals surface area contributed by atoms with Gasteiger partial charge in [0.05, 0.1) is 12.2 Å². The summed E-state index contributed by atoms with van der Waals surface area (Å²) in [5, 5.41) is 5.83. The number of nitrogens with one attached hydrogen (secondary N) is 2. The molecule has 122 valence electrons. The van der Waals surface area contributed by atoms with Crippen molar-refractivity contribution >= 4 is 5.91 Å². The third-order valence-corrected chi connectivity index (χ3v) is 4.02. The first-order chi connectivity index (χ1) is 10.5. The van der Waals surface area contributed by atoms with E-state index in [-0.39, 0.29) is 5.41 Å². The molecule has 0 unspecified atom stereocenters. The van der Waals surface area contributed by atoms with Gasteiger partial charge in [-0.15, -0.1) is 0 Å². The van der Waals surface area contributed by atoms with Gasteiger partial charge in [-0.2, -0.15) is 0 Å². The maximum Gasteiger partial charge on any atom is 0.254 e. The Morgan fingerprint density at radius 1 is 1.27 bits per heavy atom. The molecule has 0 atom stereocenters. The third-order valence-electron chi connectivity index (χ3n) is 4.02. The molecule has 1 saturated heterocycles. The maximum absolute atomic E-state index is 13.6. The van der Waals surface area contributed by atoms with Crippen LogP contribution in [-0.4, -0.2) is 39.3 Å². The molecule has 1 aliphatic heterocycles. The quantitative estimate of drug-likeness (QED) is 0.815. The summed E-state index contributed by atoms with van der Waals surface area (Å²) >= 11 is 0. The molecule has 0 saturated carbocycles. The number of carbonyl (C=O) groups is 1. The lowest BCUT2D eigenvalue weighted by Gasteiger charge is -2.37. The topological polar surface area (TPSA) is 50.4 Å². The van der Waals surface area contributed by atoms with Crippen LogP contribution in [-0.2, 0) is 4.74 Å². The fraction of sp³-hybridized carbons (Fsp3) is 0.533. The zero-order valence-electron chi connectivity index (χ0n) is 12.3. The van der Waals surface area contributed by atoms with E-state index in [0.29, 0.717) is 13.2 Å². The summed E-state index contributed by atoms with van der Waals surface area (Å²) in [6.07, 6.45) is 1.61. The van der Waals surface area contributed by atoms with Gasteiger partial charge in [0.25, 0.3) is 5.91 Å². The number of amides is 1. The van der Waals surface area contributed by atoms with Crippen molar-refractivity contribution in [2.45, 2.75) is 12.8 Å². The van der Waals surface area contributed by atoms with Crippen molar-refractivity contribution < 1.29 is 22.7 Å². The van der Waals surface area contributed by atoms with Crippen molar-refractivity contribution in [1.29, 1.82) is 0 Å². The highest BCUT2D eigenvalue weighted by molar-refractivity contribution is 5.94. The first kappa shape index (κ1) is 16.8. The number of hydrogen-bond donors (Lipinski definition) is 2. The van der Waals surface area contributed by atoms with Gasteiger partial charge in [-0.1, -0.05) is 0 Å². The smallest absolute Gasteiger partial charge is 0.254 e. The minimum Gasteiger partial charge on any atom is -0.384 e. The molecule has 0 spiro atoms. The van der Waals surface area contributed by atoms with Crippen molar-refractivity contribution in [2.24, 2.45) is 5.41 Å². The van der Waals surface area contributed by atoms with Crippen molar-refractivity contribution in [3.05, 3.63) is 35.1 Å². The van der Waals surface area contributed by atoms with Crippen LogP contribution in [0.25, 0.3) is 0 Å². The van der Waals surface area contributed by atoms with E-state index in [4.69, 9.17) is 4.74 Å². The number of carbonyl (C=O) groups excluding carboxylic acids is 1. The predicted molar refractivity (Wildman–Crippen MR) is 75.1 cm³/mol. The molecule has 0 bridgehead atoms. The summed E-state index contributed by atoms with van der Waals surface area (Å²) in [4.78, 5) is 12.0. The second-order valence-electron chi connectivity index (χ2n) is 5.59. The number of piperidine rings is 1. The predicted octanol–water partition coefficient (Wildman–Crippen LogP) is 1.85. The molecule has 1 aromatic rings. The third kappa shape index (κ3) is 3.59. The van der Waals surface area contributed by atoms with Gasteiger partial charge in [-0.05, 0) is 38.1 Å². The number of ether oxygens (including phenoxy) is 1. The number of rotatable bonds is 5. The molecule has 1 amide bonds. The summed E-state index contributed by atoms with van der Waals surface area (Å²) in [6.45, 7) is 2.37. The molecular formula is C15H19F3N2O2. The largest absolute Gasteiger partial charge is 0.384 e. The standard InChI is InChI=1S/C15H19F3N2O2/c1-22-9-15(4-6-19-7-5-15)8-20-14(21)10-2-3-11(16)13(18)12(10)17/h2-3,19H,4-9H2,1H3,(H,20,21). The molecule has 1 fully saturated rings. The second-order valence-corrected chi connectivity index (χ2v) is 5.59. The van der Waals surface area contributed by atoms with E-state index >= 15 is 0 Å². The molecule has 2 N–H and O–H groups in total. The fourth-order valence-corrected chi connectivity index (χ4v) is 2.70. The number of halogens is 3. The average Bonchev–Trinajstić information content (AvgIpc) is 2.52. The monoisotopic (exact) mass is 316 g/mol. The SMILES string of the molecule is COCC1(CNC(=O)c2ccc(F)c(F)c2F)CCNCC1. The van der Waals surface area contributed by atoms with E-state index in [1.807, 2.05) is 0 Å². The first-order valence-electron chi connectivity index (χ1n) is 7.10. The van der Waals surface area contributed by atoms with Gasteiger partial charge in [-0.3, -0.25) is 4.79 Å². The van der Waals surface area contributed by atoms with E-state index < -0.39 is 28.9 Å². The summed E-state index contributed by atoms with van der Waals surface area (Å²) in [7, 11) is 1.58. The van der Waals surface area contributed by atoms with Crippen molar-refractivity contribution in [1.82, 2.24) is 10.6 Å². The van der Waals surface area contributed by atoms with Crippen LogP contribution in [0.5, 0.6) is 0 Å². The number of benzene rings is 1. The van der Waals surface area contributed by atoms with Gasteiger partial charge in [0, 0.05) is 19.1 Å². The molecule has 1 aliphatic rings. The molecular weight excluding hydrogens is 297 g/mol. The van der Waals surface area contributed by atoms with E-state index in [1.165, 1.54) is 0 Å². The Labute approximate surface area is 127 Å².